The maximum absolute atomic E-state index is 12.5. The van der Waals surface area contributed by atoms with Crippen LogP contribution in [0.4, 0.5) is 13.2 Å². The number of ether oxygens (including phenoxy) is 2. The van der Waals surface area contributed by atoms with Gasteiger partial charge < -0.3 is 18.4 Å². The number of alkyl halides is 3. The van der Waals surface area contributed by atoms with Gasteiger partial charge in [0, 0.05) is 5.92 Å². The first-order valence-electron chi connectivity index (χ1n) is 9.94. The van der Waals surface area contributed by atoms with Crippen molar-refractivity contribution < 1.29 is 31.6 Å². The van der Waals surface area contributed by atoms with E-state index in [2.05, 4.69) is 20.1 Å². The molecular formula is C22H20F3N3O4. The van der Waals surface area contributed by atoms with Crippen LogP contribution in [0.25, 0.3) is 22.1 Å². The second-order valence-corrected chi connectivity index (χ2v) is 7.36. The van der Waals surface area contributed by atoms with E-state index in [-0.39, 0.29) is 24.2 Å². The van der Waals surface area contributed by atoms with Crippen molar-refractivity contribution in [1.29, 1.82) is 0 Å². The van der Waals surface area contributed by atoms with Gasteiger partial charge in [-0.2, -0.15) is 0 Å². The number of aromatic nitrogens is 3. The molecule has 0 saturated carbocycles. The predicted octanol–water partition coefficient (Wildman–Crippen LogP) is 6.18. The molecule has 0 aliphatic rings. The predicted molar refractivity (Wildman–Crippen MR) is 108 cm³/mol. The number of rotatable bonds is 7. The highest BCUT2D eigenvalue weighted by molar-refractivity contribution is 5.87. The van der Waals surface area contributed by atoms with Gasteiger partial charge >= 0.3 is 6.36 Å². The van der Waals surface area contributed by atoms with Crippen LogP contribution in [0.15, 0.2) is 45.3 Å². The van der Waals surface area contributed by atoms with E-state index in [1.54, 1.807) is 31.2 Å². The minimum Gasteiger partial charge on any atom is -0.465 e. The van der Waals surface area contributed by atoms with Gasteiger partial charge in [-0.05, 0) is 59.5 Å². The van der Waals surface area contributed by atoms with E-state index >= 15 is 0 Å². The number of halogens is 3. The summed E-state index contributed by atoms with van der Waals surface area (Å²) in [4.78, 5) is 0. The van der Waals surface area contributed by atoms with Crippen LogP contribution in [0.1, 0.15) is 43.5 Å². The standard InChI is InChI=1S/C22H20F3N3O4/c1-4-12(2)20-27-26-19(30-20)11-29-21-17-10-14(5-8-18(17)32-28-21)16-7-6-15(9-13(16)3)31-22(23,24)25/h5-10,12H,4,11H2,1-3H3. The van der Waals surface area contributed by atoms with Crippen LogP contribution < -0.4 is 9.47 Å². The summed E-state index contributed by atoms with van der Waals surface area (Å²) in [7, 11) is 0. The molecule has 0 aliphatic heterocycles. The van der Waals surface area contributed by atoms with Crippen LogP contribution in [0.2, 0.25) is 0 Å². The van der Waals surface area contributed by atoms with Crippen LogP contribution in [-0.4, -0.2) is 21.7 Å². The van der Waals surface area contributed by atoms with Crippen LogP contribution in [0, 0.1) is 6.92 Å². The fourth-order valence-electron chi connectivity index (χ4n) is 3.17. The molecule has 4 rings (SSSR count). The molecule has 0 aliphatic carbocycles. The Balaban J connectivity index is 1.56. The van der Waals surface area contributed by atoms with Gasteiger partial charge in [0.2, 0.25) is 5.89 Å². The molecule has 168 valence electrons. The Morgan fingerprint density at radius 3 is 2.62 bits per heavy atom. The van der Waals surface area contributed by atoms with Crippen molar-refractivity contribution in [2.24, 2.45) is 0 Å². The number of benzene rings is 2. The van der Waals surface area contributed by atoms with Crippen LogP contribution >= 0.6 is 0 Å². The third-order valence-electron chi connectivity index (χ3n) is 5.03. The normalized spacial score (nSPS) is 12.8. The first-order chi connectivity index (χ1) is 15.2. The Hall–Kier alpha value is -3.56. The minimum atomic E-state index is -4.74. The van der Waals surface area contributed by atoms with Crippen molar-refractivity contribution in [3.05, 3.63) is 53.7 Å². The second-order valence-electron chi connectivity index (χ2n) is 7.36. The Morgan fingerprint density at radius 2 is 1.91 bits per heavy atom. The molecule has 0 saturated heterocycles. The maximum Gasteiger partial charge on any atom is 0.573 e. The van der Waals surface area contributed by atoms with Gasteiger partial charge in [0.15, 0.2) is 12.2 Å². The van der Waals surface area contributed by atoms with Gasteiger partial charge in [0.1, 0.15) is 5.75 Å². The monoisotopic (exact) mass is 447 g/mol. The smallest absolute Gasteiger partial charge is 0.465 e. The van der Waals surface area contributed by atoms with E-state index in [1.165, 1.54) is 12.1 Å². The Bertz CT molecular complexity index is 1230. The molecule has 0 N–H and O–H groups in total. The van der Waals surface area contributed by atoms with Crippen molar-refractivity contribution in [2.45, 2.75) is 46.1 Å². The molecular weight excluding hydrogens is 427 g/mol. The van der Waals surface area contributed by atoms with Crippen LogP contribution in [0.3, 0.4) is 0 Å². The minimum absolute atomic E-state index is 0.0256. The largest absolute Gasteiger partial charge is 0.573 e. The summed E-state index contributed by atoms with van der Waals surface area (Å²) >= 11 is 0. The number of fused-ring (bicyclic) bond motifs is 1. The number of hydrogen-bond donors (Lipinski definition) is 0. The topological polar surface area (TPSA) is 83.4 Å². The van der Waals surface area contributed by atoms with Gasteiger partial charge in [-0.3, -0.25) is 0 Å². The lowest BCUT2D eigenvalue weighted by molar-refractivity contribution is -0.274. The highest BCUT2D eigenvalue weighted by Gasteiger charge is 2.31. The Morgan fingerprint density at radius 1 is 1.09 bits per heavy atom. The van der Waals surface area contributed by atoms with E-state index in [9.17, 15) is 13.2 Å². The lowest BCUT2D eigenvalue weighted by Crippen LogP contribution is -2.17. The fraction of sp³-hybridized carbons (Fsp3) is 0.318. The molecule has 32 heavy (non-hydrogen) atoms. The number of hydrogen-bond acceptors (Lipinski definition) is 7. The molecule has 0 bridgehead atoms. The van der Waals surface area contributed by atoms with Crippen molar-refractivity contribution >= 4 is 11.0 Å². The lowest BCUT2D eigenvalue weighted by atomic mass is 9.99. The highest BCUT2D eigenvalue weighted by Crippen LogP contribution is 2.34. The molecule has 1 unspecified atom stereocenters. The van der Waals surface area contributed by atoms with E-state index < -0.39 is 6.36 Å². The highest BCUT2D eigenvalue weighted by atomic mass is 19.4. The molecule has 1 atom stereocenters. The molecule has 0 spiro atoms. The molecule has 0 radical (unpaired) electrons. The molecule has 0 amide bonds. The molecule has 2 aromatic heterocycles. The molecule has 2 heterocycles. The first kappa shape index (κ1) is 21.7. The summed E-state index contributed by atoms with van der Waals surface area (Å²) in [6.45, 7) is 5.76. The van der Waals surface area contributed by atoms with Crippen LogP contribution in [-0.2, 0) is 6.61 Å². The van der Waals surface area contributed by atoms with Gasteiger partial charge in [0.05, 0.1) is 5.39 Å². The summed E-state index contributed by atoms with van der Waals surface area (Å²) in [5.41, 5.74) is 2.62. The SMILES string of the molecule is CCC(C)c1nnc(COc2noc3ccc(-c4ccc(OC(F)(F)F)cc4C)cc23)o1. The molecule has 0 fully saturated rings. The quantitative estimate of drug-likeness (QED) is 0.335. The zero-order valence-electron chi connectivity index (χ0n) is 17.6. The summed E-state index contributed by atoms with van der Waals surface area (Å²) in [6.07, 6.45) is -3.86. The van der Waals surface area contributed by atoms with E-state index in [1.807, 2.05) is 13.8 Å². The Kier molecular flexibility index (Phi) is 5.77. The van der Waals surface area contributed by atoms with Gasteiger partial charge in [0.25, 0.3) is 11.8 Å². The summed E-state index contributed by atoms with van der Waals surface area (Å²) in [5.74, 6) is 1.00. The van der Waals surface area contributed by atoms with Gasteiger partial charge in [-0.15, -0.1) is 23.4 Å². The van der Waals surface area contributed by atoms with Crippen molar-refractivity contribution in [3.8, 4) is 22.8 Å². The Labute approximate surface area is 181 Å². The lowest BCUT2D eigenvalue weighted by Gasteiger charge is -2.12. The molecule has 2 aromatic carbocycles. The third kappa shape index (κ3) is 4.68. The van der Waals surface area contributed by atoms with Crippen molar-refractivity contribution in [1.82, 2.24) is 15.4 Å². The van der Waals surface area contributed by atoms with E-state index in [4.69, 9.17) is 13.7 Å². The zero-order valence-corrected chi connectivity index (χ0v) is 17.6. The number of aryl methyl sites for hydroxylation is 1. The first-order valence-corrected chi connectivity index (χ1v) is 9.94. The van der Waals surface area contributed by atoms with Crippen molar-refractivity contribution in [3.63, 3.8) is 0 Å². The average Bonchev–Trinajstić information content (AvgIpc) is 3.37. The van der Waals surface area contributed by atoms with Gasteiger partial charge in [-0.1, -0.05) is 26.0 Å². The molecule has 7 nitrogen and oxygen atoms in total. The fourth-order valence-corrected chi connectivity index (χ4v) is 3.17. The average molecular weight is 447 g/mol. The van der Waals surface area contributed by atoms with Crippen molar-refractivity contribution in [2.75, 3.05) is 0 Å². The van der Waals surface area contributed by atoms with Crippen LogP contribution in [0.5, 0.6) is 11.6 Å². The van der Waals surface area contributed by atoms with E-state index in [0.29, 0.717) is 28.3 Å². The molecule has 10 heteroatoms. The molecule has 4 aromatic rings. The van der Waals surface area contributed by atoms with Gasteiger partial charge in [-0.25, -0.2) is 0 Å². The maximum atomic E-state index is 12.5. The van der Waals surface area contributed by atoms with E-state index in [0.717, 1.165) is 17.5 Å². The summed E-state index contributed by atoms with van der Waals surface area (Å²) < 4.78 is 58.0. The second kappa shape index (κ2) is 8.52. The number of nitrogens with zero attached hydrogens (tertiary/aromatic N) is 3. The zero-order chi connectivity index (χ0) is 22.9. The summed E-state index contributed by atoms with van der Waals surface area (Å²) in [6, 6.07) is 9.49. The summed E-state index contributed by atoms with van der Waals surface area (Å²) in [5, 5.41) is 12.6. The third-order valence-corrected chi connectivity index (χ3v) is 5.03.